The number of nitriles is 1. The first-order valence-electron chi connectivity index (χ1n) is 4.32. The lowest BCUT2D eigenvalue weighted by molar-refractivity contribution is -0.117. The number of alkyl halides is 1. The summed E-state index contributed by atoms with van der Waals surface area (Å²) in [4.78, 5) is 21.9. The van der Waals surface area contributed by atoms with E-state index < -0.39 is 11.9 Å². The van der Waals surface area contributed by atoms with Crippen LogP contribution in [0.3, 0.4) is 0 Å². The molecule has 16 heavy (non-hydrogen) atoms. The smallest absolute Gasteiger partial charge is 0.308 e. The molecule has 0 aliphatic heterocycles. The Bertz CT molecular complexity index is 436. The molecule has 2 N–H and O–H groups in total. The quantitative estimate of drug-likeness (QED) is 0.764. The molecule has 0 fully saturated rings. The summed E-state index contributed by atoms with van der Waals surface area (Å²) in [5.41, 5.74) is 0.974. The number of halogens is 1. The number of carbonyl (C=O) groups is 2. The van der Waals surface area contributed by atoms with Crippen molar-refractivity contribution in [1.82, 2.24) is 5.32 Å². The molecule has 5 nitrogen and oxygen atoms in total. The lowest BCUT2D eigenvalue weighted by atomic mass is 10.2. The molecule has 0 saturated carbocycles. The van der Waals surface area contributed by atoms with Crippen molar-refractivity contribution in [1.29, 1.82) is 5.26 Å². The number of anilines is 1. The van der Waals surface area contributed by atoms with Gasteiger partial charge in [0.05, 0.1) is 11.6 Å². The average Bonchev–Trinajstić information content (AvgIpc) is 2.29. The van der Waals surface area contributed by atoms with Gasteiger partial charge in [-0.1, -0.05) is 0 Å². The molecule has 0 heterocycles. The first-order chi connectivity index (χ1) is 7.65. The van der Waals surface area contributed by atoms with Gasteiger partial charge >= 0.3 is 6.03 Å². The molecule has 0 radical (unpaired) electrons. The molecule has 82 valence electrons. The Morgan fingerprint density at radius 3 is 2.44 bits per heavy atom. The highest BCUT2D eigenvalue weighted by atomic mass is 35.5. The Morgan fingerprint density at radius 2 is 1.94 bits per heavy atom. The molecular formula is C10H8ClN3O2. The van der Waals surface area contributed by atoms with E-state index in [4.69, 9.17) is 16.9 Å². The predicted octanol–water partition coefficient (Wildman–Crippen LogP) is 1.45. The van der Waals surface area contributed by atoms with Gasteiger partial charge in [0.2, 0.25) is 5.91 Å². The molecule has 1 aromatic carbocycles. The Balaban J connectivity index is 2.57. The maximum absolute atomic E-state index is 11.2. The minimum absolute atomic E-state index is 0.277. The number of hydrogen-bond acceptors (Lipinski definition) is 3. The molecule has 0 unspecified atom stereocenters. The fourth-order valence-corrected chi connectivity index (χ4v) is 1.02. The van der Waals surface area contributed by atoms with E-state index in [1.165, 1.54) is 0 Å². The van der Waals surface area contributed by atoms with Gasteiger partial charge in [-0.3, -0.25) is 10.1 Å². The maximum Gasteiger partial charge on any atom is 0.325 e. The normalized spacial score (nSPS) is 9.00. The van der Waals surface area contributed by atoms with Crippen LogP contribution < -0.4 is 10.6 Å². The van der Waals surface area contributed by atoms with Crippen LogP contribution in [0.1, 0.15) is 5.56 Å². The summed E-state index contributed by atoms with van der Waals surface area (Å²) in [6, 6.07) is 7.52. The summed E-state index contributed by atoms with van der Waals surface area (Å²) in [5.74, 6) is -0.853. The Kier molecular flexibility index (Phi) is 4.30. The number of imide groups is 1. The van der Waals surface area contributed by atoms with Gasteiger partial charge in [-0.2, -0.15) is 5.26 Å². The third kappa shape index (κ3) is 3.59. The Labute approximate surface area is 97.0 Å². The molecule has 0 bridgehead atoms. The molecule has 1 rings (SSSR count). The van der Waals surface area contributed by atoms with Crippen molar-refractivity contribution in [2.75, 3.05) is 11.2 Å². The summed E-state index contributed by atoms with van der Waals surface area (Å²) in [6.07, 6.45) is 0. The van der Waals surface area contributed by atoms with Crippen LogP contribution in [0.5, 0.6) is 0 Å². The second-order valence-electron chi connectivity index (χ2n) is 2.83. The van der Waals surface area contributed by atoms with Crippen molar-refractivity contribution in [3.8, 4) is 6.07 Å². The lowest BCUT2D eigenvalue weighted by Gasteiger charge is -2.04. The van der Waals surface area contributed by atoms with Crippen molar-refractivity contribution in [2.45, 2.75) is 0 Å². The van der Waals surface area contributed by atoms with Gasteiger partial charge in [0.25, 0.3) is 0 Å². The van der Waals surface area contributed by atoms with Gasteiger partial charge in [0.15, 0.2) is 0 Å². The summed E-state index contributed by atoms with van der Waals surface area (Å²) < 4.78 is 0. The minimum atomic E-state index is -0.657. The number of hydrogen-bond donors (Lipinski definition) is 2. The van der Waals surface area contributed by atoms with Crippen molar-refractivity contribution in [3.63, 3.8) is 0 Å². The summed E-state index contributed by atoms with van der Waals surface area (Å²) >= 11 is 5.21. The van der Waals surface area contributed by atoms with Crippen LogP contribution in [0.15, 0.2) is 24.3 Å². The standard InChI is InChI=1S/C10H8ClN3O2/c11-5-9(15)14-10(16)13-8-3-1-7(6-12)2-4-8/h1-4H,5H2,(H2,13,14,15,16). The van der Waals surface area contributed by atoms with Gasteiger partial charge in [0.1, 0.15) is 5.88 Å². The van der Waals surface area contributed by atoms with E-state index in [-0.39, 0.29) is 5.88 Å². The largest absolute Gasteiger partial charge is 0.325 e. The van der Waals surface area contributed by atoms with Crippen molar-refractivity contribution < 1.29 is 9.59 Å². The highest BCUT2D eigenvalue weighted by Gasteiger charge is 2.05. The SMILES string of the molecule is N#Cc1ccc(NC(=O)NC(=O)CCl)cc1. The van der Waals surface area contributed by atoms with E-state index in [0.717, 1.165) is 0 Å². The summed E-state index contributed by atoms with van der Waals surface area (Å²) in [6.45, 7) is 0. The van der Waals surface area contributed by atoms with E-state index in [2.05, 4.69) is 5.32 Å². The highest BCUT2D eigenvalue weighted by molar-refractivity contribution is 6.28. The van der Waals surface area contributed by atoms with Gasteiger partial charge in [-0.05, 0) is 24.3 Å². The van der Waals surface area contributed by atoms with E-state index in [9.17, 15) is 9.59 Å². The second kappa shape index (κ2) is 5.73. The maximum atomic E-state index is 11.2. The van der Waals surface area contributed by atoms with Gasteiger partial charge in [-0.25, -0.2) is 4.79 Å². The second-order valence-corrected chi connectivity index (χ2v) is 3.09. The first kappa shape index (κ1) is 12.0. The van der Waals surface area contributed by atoms with Crippen LogP contribution >= 0.6 is 11.6 Å². The fraction of sp³-hybridized carbons (Fsp3) is 0.100. The lowest BCUT2D eigenvalue weighted by Crippen LogP contribution is -2.35. The number of nitrogens with one attached hydrogen (secondary N) is 2. The molecule has 6 heteroatoms. The number of carbonyl (C=O) groups excluding carboxylic acids is 2. The molecule has 0 saturated heterocycles. The monoisotopic (exact) mass is 237 g/mol. The number of urea groups is 1. The topological polar surface area (TPSA) is 82.0 Å². The fourth-order valence-electron chi connectivity index (χ4n) is 0.950. The van der Waals surface area contributed by atoms with Crippen molar-refractivity contribution in [2.24, 2.45) is 0 Å². The van der Waals surface area contributed by atoms with Gasteiger partial charge in [0, 0.05) is 5.69 Å². The van der Waals surface area contributed by atoms with E-state index in [1.54, 1.807) is 24.3 Å². The molecule has 0 spiro atoms. The van der Waals surface area contributed by atoms with E-state index in [0.29, 0.717) is 11.3 Å². The minimum Gasteiger partial charge on any atom is -0.308 e. The molecule has 0 atom stereocenters. The van der Waals surface area contributed by atoms with Crippen LogP contribution in [-0.4, -0.2) is 17.8 Å². The van der Waals surface area contributed by atoms with Crippen LogP contribution in [0.4, 0.5) is 10.5 Å². The van der Waals surface area contributed by atoms with Crippen LogP contribution in [0.25, 0.3) is 0 Å². The van der Waals surface area contributed by atoms with Crippen LogP contribution in [0, 0.1) is 11.3 Å². The zero-order valence-electron chi connectivity index (χ0n) is 8.16. The van der Waals surface area contributed by atoms with E-state index >= 15 is 0 Å². The summed E-state index contributed by atoms with van der Waals surface area (Å²) in [5, 5.41) is 13.0. The number of amides is 3. The summed E-state index contributed by atoms with van der Waals surface area (Å²) in [7, 11) is 0. The van der Waals surface area contributed by atoms with Crippen LogP contribution in [0.2, 0.25) is 0 Å². The van der Waals surface area contributed by atoms with E-state index in [1.807, 2.05) is 11.4 Å². The number of rotatable bonds is 2. The first-order valence-corrected chi connectivity index (χ1v) is 4.86. The molecule has 0 aliphatic carbocycles. The molecule has 0 aromatic heterocycles. The average molecular weight is 238 g/mol. The number of nitrogens with zero attached hydrogens (tertiary/aromatic N) is 1. The van der Waals surface area contributed by atoms with Crippen LogP contribution in [-0.2, 0) is 4.79 Å². The Hall–Kier alpha value is -2.06. The van der Waals surface area contributed by atoms with Crippen molar-refractivity contribution in [3.05, 3.63) is 29.8 Å². The third-order valence-electron chi connectivity index (χ3n) is 1.65. The van der Waals surface area contributed by atoms with Crippen molar-refractivity contribution >= 4 is 29.2 Å². The van der Waals surface area contributed by atoms with Gasteiger partial charge in [-0.15, -0.1) is 11.6 Å². The molecule has 0 aliphatic rings. The molecule has 3 amide bonds. The highest BCUT2D eigenvalue weighted by Crippen LogP contribution is 2.08. The zero-order chi connectivity index (χ0) is 12.0. The molecule has 1 aromatic rings. The zero-order valence-corrected chi connectivity index (χ0v) is 8.91. The predicted molar refractivity (Wildman–Crippen MR) is 59.0 cm³/mol. The molecular weight excluding hydrogens is 230 g/mol. The number of benzene rings is 1. The third-order valence-corrected chi connectivity index (χ3v) is 1.89. The Morgan fingerprint density at radius 1 is 1.31 bits per heavy atom. The van der Waals surface area contributed by atoms with Gasteiger partial charge < -0.3 is 5.32 Å².